The number of hydrogen-bond donors (Lipinski definition) is 1. The topological polar surface area (TPSA) is 20.2 Å². The zero-order valence-corrected chi connectivity index (χ0v) is 16.7. The van der Waals surface area contributed by atoms with Crippen LogP contribution < -0.4 is 0 Å². The second kappa shape index (κ2) is 7.73. The second-order valence-electron chi connectivity index (χ2n) is 9.36. The lowest BCUT2D eigenvalue weighted by Crippen LogP contribution is -2.32. The molecule has 1 aromatic rings. The molecule has 1 unspecified atom stereocenters. The smallest absolute Gasteiger partial charge is 0.121 e. The number of benzene rings is 1. The van der Waals surface area contributed by atoms with Crippen LogP contribution in [0.25, 0.3) is 0 Å². The molecular formula is C22H38O. The van der Waals surface area contributed by atoms with E-state index in [1.807, 2.05) is 13.0 Å². The zero-order valence-electron chi connectivity index (χ0n) is 16.7. The van der Waals surface area contributed by atoms with Crippen LogP contribution in [0.2, 0.25) is 0 Å². The molecule has 0 amide bonds. The van der Waals surface area contributed by atoms with E-state index >= 15 is 0 Å². The Balaban J connectivity index is 2.98. The largest absolute Gasteiger partial charge is 0.507 e. The van der Waals surface area contributed by atoms with Crippen molar-refractivity contribution in [3.05, 3.63) is 29.3 Å². The summed E-state index contributed by atoms with van der Waals surface area (Å²) in [5.41, 5.74) is 2.76. The van der Waals surface area contributed by atoms with Gasteiger partial charge in [0.1, 0.15) is 5.75 Å². The summed E-state index contributed by atoms with van der Waals surface area (Å²) >= 11 is 0. The maximum atomic E-state index is 10.5. The van der Waals surface area contributed by atoms with Gasteiger partial charge >= 0.3 is 0 Å². The molecule has 0 aromatic heterocycles. The van der Waals surface area contributed by atoms with Gasteiger partial charge in [-0.3, -0.25) is 0 Å². The molecule has 0 saturated carbocycles. The number of aryl methyl sites for hydroxylation is 1. The number of hydrogen-bond acceptors (Lipinski definition) is 1. The molecule has 0 fully saturated rings. The summed E-state index contributed by atoms with van der Waals surface area (Å²) in [4.78, 5) is 0. The van der Waals surface area contributed by atoms with Crippen molar-refractivity contribution in [2.75, 3.05) is 0 Å². The van der Waals surface area contributed by atoms with E-state index < -0.39 is 0 Å². The Morgan fingerprint density at radius 2 is 1.48 bits per heavy atom. The van der Waals surface area contributed by atoms with E-state index in [0.717, 1.165) is 30.4 Å². The van der Waals surface area contributed by atoms with Crippen LogP contribution in [0.1, 0.15) is 91.2 Å². The van der Waals surface area contributed by atoms with Crippen LogP contribution in [0, 0.1) is 23.7 Å². The van der Waals surface area contributed by atoms with E-state index in [9.17, 15) is 5.11 Å². The summed E-state index contributed by atoms with van der Waals surface area (Å²) in [6, 6.07) is 6.19. The molecule has 0 radical (unpaired) electrons. The lowest BCUT2D eigenvalue weighted by molar-refractivity contribution is 0.0881. The van der Waals surface area contributed by atoms with Gasteiger partial charge in [-0.1, -0.05) is 73.1 Å². The standard InChI is InChI=1S/C22H38O/c1-9-11-17(18-13-10-12-16(2)20(18)23)14-15-19(21(3,4)5)22(6,7)8/h10,12-13,17,19,23H,9,11,14-15H2,1-8H3. The van der Waals surface area contributed by atoms with Crippen LogP contribution in [0.5, 0.6) is 5.75 Å². The summed E-state index contributed by atoms with van der Waals surface area (Å²) in [6.07, 6.45) is 4.68. The van der Waals surface area contributed by atoms with Crippen LogP contribution in [-0.2, 0) is 0 Å². The summed E-state index contributed by atoms with van der Waals surface area (Å²) in [7, 11) is 0. The molecule has 0 spiro atoms. The van der Waals surface area contributed by atoms with Gasteiger partial charge in [-0.15, -0.1) is 0 Å². The number of phenolic OH excluding ortho intramolecular Hbond substituents is 1. The highest BCUT2D eigenvalue weighted by atomic mass is 16.3. The van der Waals surface area contributed by atoms with E-state index in [2.05, 4.69) is 60.6 Å². The zero-order chi connectivity index (χ0) is 17.8. The molecule has 0 heterocycles. The fourth-order valence-corrected chi connectivity index (χ4v) is 4.35. The first kappa shape index (κ1) is 20.1. The molecule has 1 N–H and O–H groups in total. The van der Waals surface area contributed by atoms with Crippen LogP contribution >= 0.6 is 0 Å². The average molecular weight is 319 g/mol. The van der Waals surface area contributed by atoms with E-state index in [4.69, 9.17) is 0 Å². The van der Waals surface area contributed by atoms with Crippen LogP contribution in [0.4, 0.5) is 0 Å². The first-order valence-corrected chi connectivity index (χ1v) is 9.27. The first-order chi connectivity index (χ1) is 10.5. The van der Waals surface area contributed by atoms with Crippen molar-refractivity contribution in [3.8, 4) is 5.75 Å². The van der Waals surface area contributed by atoms with Gasteiger partial charge in [0.2, 0.25) is 0 Å². The molecule has 0 aliphatic carbocycles. The molecule has 1 heteroatoms. The maximum absolute atomic E-state index is 10.5. The van der Waals surface area contributed by atoms with Crippen molar-refractivity contribution in [2.24, 2.45) is 16.7 Å². The van der Waals surface area contributed by atoms with Crippen LogP contribution in [0.3, 0.4) is 0 Å². The lowest BCUT2D eigenvalue weighted by atomic mass is 9.64. The maximum Gasteiger partial charge on any atom is 0.121 e. The minimum absolute atomic E-state index is 0.309. The second-order valence-corrected chi connectivity index (χ2v) is 9.36. The third-order valence-electron chi connectivity index (χ3n) is 5.24. The third kappa shape index (κ3) is 5.55. The number of phenols is 1. The summed E-state index contributed by atoms with van der Waals surface area (Å²) in [5, 5.41) is 10.5. The van der Waals surface area contributed by atoms with Gasteiger partial charge < -0.3 is 5.11 Å². The summed E-state index contributed by atoms with van der Waals surface area (Å²) in [5.74, 6) is 1.64. The van der Waals surface area contributed by atoms with Gasteiger partial charge in [-0.2, -0.15) is 0 Å². The average Bonchev–Trinajstić information content (AvgIpc) is 2.38. The van der Waals surface area contributed by atoms with Crippen molar-refractivity contribution < 1.29 is 5.11 Å². The highest BCUT2D eigenvalue weighted by Crippen LogP contribution is 2.45. The van der Waals surface area contributed by atoms with Gasteiger partial charge in [0.15, 0.2) is 0 Å². The molecule has 1 rings (SSSR count). The van der Waals surface area contributed by atoms with E-state index in [1.165, 1.54) is 6.42 Å². The Bertz CT molecular complexity index is 474. The van der Waals surface area contributed by atoms with Crippen molar-refractivity contribution in [2.45, 2.75) is 87.0 Å². The summed E-state index contributed by atoms with van der Waals surface area (Å²) in [6.45, 7) is 18.4. The summed E-state index contributed by atoms with van der Waals surface area (Å²) < 4.78 is 0. The SMILES string of the molecule is CCCC(CCC(C(C)(C)C)C(C)(C)C)c1cccc(C)c1O. The number of aromatic hydroxyl groups is 1. The fourth-order valence-electron chi connectivity index (χ4n) is 4.35. The van der Waals surface area contributed by atoms with E-state index in [1.54, 1.807) is 0 Å². The molecular weight excluding hydrogens is 280 g/mol. The predicted molar refractivity (Wildman–Crippen MR) is 102 cm³/mol. The third-order valence-corrected chi connectivity index (χ3v) is 5.24. The van der Waals surface area contributed by atoms with E-state index in [-0.39, 0.29) is 0 Å². The van der Waals surface area contributed by atoms with E-state index in [0.29, 0.717) is 28.4 Å². The van der Waals surface area contributed by atoms with Crippen LogP contribution in [0.15, 0.2) is 18.2 Å². The highest BCUT2D eigenvalue weighted by molar-refractivity contribution is 5.41. The Kier molecular flexibility index (Phi) is 6.74. The van der Waals surface area contributed by atoms with Gasteiger partial charge in [-0.05, 0) is 60.0 Å². The van der Waals surface area contributed by atoms with Gasteiger partial charge in [0, 0.05) is 0 Å². The van der Waals surface area contributed by atoms with Gasteiger partial charge in [-0.25, -0.2) is 0 Å². The van der Waals surface area contributed by atoms with Crippen LogP contribution in [-0.4, -0.2) is 5.11 Å². The predicted octanol–water partition coefficient (Wildman–Crippen LogP) is 7.07. The van der Waals surface area contributed by atoms with Gasteiger partial charge in [0.25, 0.3) is 0 Å². The molecule has 1 atom stereocenters. The Labute approximate surface area is 144 Å². The van der Waals surface area contributed by atoms with Crippen molar-refractivity contribution >= 4 is 0 Å². The Morgan fingerprint density at radius 1 is 0.913 bits per heavy atom. The van der Waals surface area contributed by atoms with Crippen molar-refractivity contribution in [3.63, 3.8) is 0 Å². The quantitative estimate of drug-likeness (QED) is 0.594. The minimum Gasteiger partial charge on any atom is -0.507 e. The monoisotopic (exact) mass is 318 g/mol. The Hall–Kier alpha value is -0.980. The number of para-hydroxylation sites is 1. The molecule has 0 aliphatic rings. The minimum atomic E-state index is 0.309. The molecule has 0 bridgehead atoms. The van der Waals surface area contributed by atoms with Gasteiger partial charge in [0.05, 0.1) is 0 Å². The molecule has 0 saturated heterocycles. The molecule has 23 heavy (non-hydrogen) atoms. The van der Waals surface area contributed by atoms with Crippen molar-refractivity contribution in [1.29, 1.82) is 0 Å². The number of rotatable bonds is 6. The normalized spacial score (nSPS) is 14.3. The van der Waals surface area contributed by atoms with Crippen molar-refractivity contribution in [1.82, 2.24) is 0 Å². The molecule has 132 valence electrons. The molecule has 1 nitrogen and oxygen atoms in total. The highest BCUT2D eigenvalue weighted by Gasteiger charge is 2.35. The fraction of sp³-hybridized carbons (Fsp3) is 0.727. The molecule has 1 aromatic carbocycles. The Morgan fingerprint density at radius 3 is 1.96 bits per heavy atom. The first-order valence-electron chi connectivity index (χ1n) is 9.27. The lowest BCUT2D eigenvalue weighted by Gasteiger charge is -2.41. The molecule has 0 aliphatic heterocycles.